The van der Waals surface area contributed by atoms with Gasteiger partial charge in [-0.3, -0.25) is 9.59 Å². The molecular weight excluding hydrogens is 762 g/mol. The van der Waals surface area contributed by atoms with Crippen molar-refractivity contribution in [3.8, 4) is 22.3 Å². The summed E-state index contributed by atoms with van der Waals surface area (Å²) in [7, 11) is 0. The first kappa shape index (κ1) is 37.5. The van der Waals surface area contributed by atoms with Gasteiger partial charge in [-0.25, -0.2) is 9.97 Å². The van der Waals surface area contributed by atoms with Gasteiger partial charge in [0.25, 0.3) is 5.60 Å². The van der Waals surface area contributed by atoms with Crippen molar-refractivity contribution in [2.45, 2.75) is 39.4 Å². The number of hydrogen-bond acceptors (Lipinski definition) is 6. The summed E-state index contributed by atoms with van der Waals surface area (Å²) in [4.78, 5) is 48.7. The third-order valence-electron chi connectivity index (χ3n) is 10.1. The summed E-state index contributed by atoms with van der Waals surface area (Å²) in [5, 5.41) is 0. The maximum Gasteiger partial charge on any atom is 2.00 e. The number of ketones is 1. The van der Waals surface area contributed by atoms with Crippen LogP contribution in [-0.2, 0) is 44.1 Å². The second-order valence-corrected chi connectivity index (χ2v) is 14.2. The van der Waals surface area contributed by atoms with Gasteiger partial charge in [-0.2, -0.15) is 0 Å². The van der Waals surface area contributed by atoms with E-state index in [9.17, 15) is 4.79 Å². The summed E-state index contributed by atoms with van der Waals surface area (Å²) in [6, 6.07) is 37.2. The van der Waals surface area contributed by atoms with E-state index in [1.165, 1.54) is 6.92 Å². The first-order valence-electron chi connectivity index (χ1n) is 18.6. The molecule has 1 atom stereocenters. The number of esters is 1. The summed E-state index contributed by atoms with van der Waals surface area (Å²) >= 11 is 0. The van der Waals surface area contributed by atoms with Crippen molar-refractivity contribution in [2.75, 3.05) is 0 Å². The van der Waals surface area contributed by atoms with Gasteiger partial charge >= 0.3 is 25.4 Å². The van der Waals surface area contributed by atoms with Crippen LogP contribution < -0.4 is 9.97 Å². The van der Waals surface area contributed by atoms with Crippen molar-refractivity contribution in [3.05, 3.63) is 160 Å². The fourth-order valence-electron chi connectivity index (χ4n) is 7.76. The molecule has 0 fully saturated rings. The molecule has 6 aromatic rings. The van der Waals surface area contributed by atoms with Gasteiger partial charge in [0, 0.05) is 18.1 Å². The zero-order valence-electron chi connectivity index (χ0n) is 32.0. The van der Waals surface area contributed by atoms with E-state index in [4.69, 9.17) is 29.4 Å². The number of ether oxygens (including phenoxy) is 2. The van der Waals surface area contributed by atoms with Crippen LogP contribution in [0.15, 0.2) is 121 Å². The van der Waals surface area contributed by atoms with Crippen molar-refractivity contribution < 1.29 is 38.5 Å². The molecule has 0 N–H and O–H groups in total. The number of carbonyl (C=O) groups excluding carboxylic acids is 2. The Morgan fingerprint density at radius 1 is 0.667 bits per heavy atom. The Morgan fingerprint density at radius 3 is 1.84 bits per heavy atom. The van der Waals surface area contributed by atoms with E-state index in [-0.39, 0.29) is 36.9 Å². The van der Waals surface area contributed by atoms with Crippen LogP contribution in [0.1, 0.15) is 60.2 Å². The zero-order chi connectivity index (χ0) is 38.6. The fourth-order valence-corrected chi connectivity index (χ4v) is 7.76. The molecule has 0 radical (unpaired) electrons. The maximum atomic E-state index is 15.2. The van der Waals surface area contributed by atoms with E-state index in [0.29, 0.717) is 33.5 Å². The second kappa shape index (κ2) is 14.9. The molecule has 0 spiro atoms. The normalized spacial score (nSPS) is 15.7. The molecule has 3 aromatic carbocycles. The van der Waals surface area contributed by atoms with Crippen LogP contribution in [0.2, 0.25) is 0 Å². The predicted molar refractivity (Wildman–Crippen MR) is 220 cm³/mol. The molecule has 1 unspecified atom stereocenters. The summed E-state index contributed by atoms with van der Waals surface area (Å²) in [6.07, 6.45) is 7.44. The van der Waals surface area contributed by atoms with E-state index in [2.05, 4.69) is 0 Å². The van der Waals surface area contributed by atoms with Crippen molar-refractivity contribution in [1.29, 1.82) is 0 Å². The average molecular weight is 798 g/mol. The van der Waals surface area contributed by atoms with E-state index in [1.54, 1.807) is 6.07 Å². The van der Waals surface area contributed by atoms with Gasteiger partial charge in [0.2, 0.25) is 5.78 Å². The molecular formula is C48H36N4O4Zn. The van der Waals surface area contributed by atoms with Crippen molar-refractivity contribution in [1.82, 2.24) is 19.9 Å². The molecule has 5 heterocycles. The summed E-state index contributed by atoms with van der Waals surface area (Å²) in [5.74, 6) is -0.795. The molecule has 1 aliphatic carbocycles. The Kier molecular flexibility index (Phi) is 9.80. The SMILES string of the molecule is CC(=O)OC1(c2ccccc2C)C(=O)C(c2c3nc(c(-c4ccccc4)c4ccc(cc5nc(c(-c6ccccc6)c6ccc2[n-]6)C=C5)[n-]4)C=C3)=C1OC(C)C.[Zn+2]. The van der Waals surface area contributed by atoms with Crippen LogP contribution in [0.4, 0.5) is 0 Å². The zero-order valence-corrected chi connectivity index (χ0v) is 35.0. The van der Waals surface area contributed by atoms with Gasteiger partial charge in [0.05, 0.1) is 34.5 Å². The van der Waals surface area contributed by atoms with Gasteiger partial charge < -0.3 is 19.4 Å². The topological polar surface area (TPSA) is 107 Å². The van der Waals surface area contributed by atoms with Crippen molar-refractivity contribution in [2.24, 2.45) is 0 Å². The number of aryl methyl sites for hydroxylation is 1. The number of hydrogen-bond donors (Lipinski definition) is 0. The molecule has 57 heavy (non-hydrogen) atoms. The predicted octanol–water partition coefficient (Wildman–Crippen LogP) is 9.73. The Labute approximate surface area is 342 Å². The fraction of sp³-hybridized carbons (Fsp3) is 0.125. The van der Waals surface area contributed by atoms with E-state index in [0.717, 1.165) is 50.2 Å². The van der Waals surface area contributed by atoms with Crippen molar-refractivity contribution >= 4 is 63.7 Å². The minimum Gasteiger partial charge on any atom is -0.657 e. The number of benzene rings is 3. The summed E-state index contributed by atoms with van der Waals surface area (Å²) in [5.41, 5.74) is 9.12. The van der Waals surface area contributed by atoms with E-state index in [1.807, 2.05) is 154 Å². The van der Waals surface area contributed by atoms with Crippen LogP contribution in [0.5, 0.6) is 0 Å². The second-order valence-electron chi connectivity index (χ2n) is 14.2. The number of rotatable bonds is 7. The van der Waals surface area contributed by atoms with Gasteiger partial charge in [-0.15, -0.1) is 22.1 Å². The van der Waals surface area contributed by atoms with E-state index >= 15 is 4.79 Å². The standard InChI is InChI=1S/C48H36N4O4.Zn/c1-28(2)55-47-45(46(54)48(47,56-30(4)53)35-18-12-11-13-29(35)3)44-40-25-23-38(51-40)42(31-14-7-5-8-15-31)36-21-19-33(49-36)27-34-20-22-37(50-34)43(32-16-9-6-10-17-32)39-24-26-41(44)52-39;/h5-28H,1-4H3;/q-2;+2. The van der Waals surface area contributed by atoms with Crippen LogP contribution >= 0.6 is 0 Å². The molecule has 9 heteroatoms. The molecule has 3 aliphatic rings. The van der Waals surface area contributed by atoms with Gasteiger partial charge in [-0.1, -0.05) is 115 Å². The number of aromatic nitrogens is 4. The molecule has 2 aliphatic heterocycles. The largest absolute Gasteiger partial charge is 2.00 e. The Balaban J connectivity index is 0.00000455. The minimum atomic E-state index is -1.80. The molecule has 0 amide bonds. The molecule has 3 aromatic heterocycles. The monoisotopic (exact) mass is 796 g/mol. The summed E-state index contributed by atoms with van der Waals surface area (Å²) in [6.45, 7) is 6.96. The van der Waals surface area contributed by atoms with Crippen LogP contribution in [0, 0.1) is 6.92 Å². The first-order chi connectivity index (χ1) is 27.2. The number of fused-ring (bicyclic) bond motifs is 8. The number of nitrogens with zero attached hydrogens (tertiary/aromatic N) is 4. The Morgan fingerprint density at radius 2 is 1.21 bits per heavy atom. The molecule has 8 bridgehead atoms. The summed E-state index contributed by atoms with van der Waals surface area (Å²) < 4.78 is 12.7. The minimum absolute atomic E-state index is 0. The molecule has 0 saturated heterocycles. The average Bonchev–Trinajstić information content (AvgIpc) is 4.03. The third-order valence-corrected chi connectivity index (χ3v) is 10.1. The Hall–Kier alpha value is -6.44. The van der Waals surface area contributed by atoms with Crippen LogP contribution in [-0.4, -0.2) is 27.8 Å². The smallest absolute Gasteiger partial charge is 0.657 e. The molecule has 8 nitrogen and oxygen atoms in total. The van der Waals surface area contributed by atoms with Crippen LogP contribution in [0.25, 0.3) is 74.2 Å². The van der Waals surface area contributed by atoms with Gasteiger partial charge in [-0.05, 0) is 72.9 Å². The third kappa shape index (κ3) is 6.48. The number of carbonyl (C=O) groups is 2. The van der Waals surface area contributed by atoms with E-state index < -0.39 is 17.4 Å². The van der Waals surface area contributed by atoms with Crippen LogP contribution in [0.3, 0.4) is 0 Å². The molecule has 274 valence electrons. The maximum absolute atomic E-state index is 15.2. The molecule has 0 saturated carbocycles. The van der Waals surface area contributed by atoms with Gasteiger partial charge in [0.1, 0.15) is 0 Å². The quantitative estimate of drug-likeness (QED) is 0.116. The Bertz CT molecular complexity index is 2810. The first-order valence-corrected chi connectivity index (χ1v) is 18.6. The van der Waals surface area contributed by atoms with Gasteiger partial charge in [0.15, 0.2) is 5.76 Å². The molecule has 9 rings (SSSR count). The van der Waals surface area contributed by atoms with Crippen molar-refractivity contribution in [3.63, 3.8) is 0 Å². The number of Topliss-reactive ketones (excluding diaryl/α,β-unsaturated/α-hetero) is 1.